The number of ether oxygens (including phenoxy) is 2. The van der Waals surface area contributed by atoms with Crippen LogP contribution in [0, 0.1) is 5.92 Å². The van der Waals surface area contributed by atoms with Crippen LogP contribution in [0.3, 0.4) is 0 Å². The van der Waals surface area contributed by atoms with Crippen LogP contribution in [-0.2, 0) is 20.6 Å². The van der Waals surface area contributed by atoms with Crippen molar-refractivity contribution in [3.63, 3.8) is 0 Å². The zero-order valence-electron chi connectivity index (χ0n) is 22.7. The van der Waals surface area contributed by atoms with E-state index in [1.165, 1.54) is 13.2 Å². The van der Waals surface area contributed by atoms with E-state index in [0.29, 0.717) is 32.7 Å². The van der Waals surface area contributed by atoms with Gasteiger partial charge in [-0.3, -0.25) is 19.2 Å². The number of carbonyl (C=O) groups excluding carboxylic acids is 3. The molecule has 2 aliphatic rings. The number of alkyl halides is 3. The number of anilines is 2. The summed E-state index contributed by atoms with van der Waals surface area (Å²) >= 11 is 1.94. The molecule has 0 spiro atoms. The van der Waals surface area contributed by atoms with Gasteiger partial charge in [-0.05, 0) is 60.2 Å². The Kier molecular flexibility index (Phi) is 7.72. The Hall–Kier alpha value is -4.56. The summed E-state index contributed by atoms with van der Waals surface area (Å²) in [6.07, 6.45) is -4.66. The van der Waals surface area contributed by atoms with Crippen LogP contribution >= 0.6 is 23.1 Å². The fourth-order valence-electron chi connectivity index (χ4n) is 5.24. The van der Waals surface area contributed by atoms with Crippen LogP contribution in [0.25, 0.3) is 0 Å². The van der Waals surface area contributed by atoms with Crippen molar-refractivity contribution in [3.8, 4) is 11.5 Å². The molecule has 226 valence electrons. The lowest BCUT2D eigenvalue weighted by molar-refractivity contribution is -0.137. The number of hydrogen-bond acceptors (Lipinski definition) is 8. The average molecular weight is 642 g/mol. The van der Waals surface area contributed by atoms with E-state index in [4.69, 9.17) is 9.47 Å². The number of benzene rings is 3. The Balaban J connectivity index is 1.23. The van der Waals surface area contributed by atoms with Gasteiger partial charge >= 0.3 is 11.0 Å². The maximum Gasteiger partial charge on any atom is 0.416 e. The molecule has 0 bridgehead atoms. The number of aromatic nitrogens is 1. The first-order valence-corrected chi connectivity index (χ1v) is 14.8. The minimum Gasteiger partial charge on any atom is -0.497 e. The van der Waals surface area contributed by atoms with E-state index in [9.17, 15) is 32.3 Å². The lowest BCUT2D eigenvalue weighted by atomic mass is 9.83. The quantitative estimate of drug-likeness (QED) is 0.264. The van der Waals surface area contributed by atoms with Crippen molar-refractivity contribution in [1.29, 1.82) is 0 Å². The number of H-pyrrole nitrogens is 1. The number of rotatable bonds is 7. The monoisotopic (exact) mass is 641 g/mol. The number of halogens is 3. The smallest absolute Gasteiger partial charge is 0.416 e. The summed E-state index contributed by atoms with van der Waals surface area (Å²) in [7, 11) is 1.54. The molecule has 3 amide bonds. The van der Waals surface area contributed by atoms with E-state index in [-0.39, 0.29) is 17.2 Å². The Labute approximate surface area is 256 Å². The number of hydrogen-bond donors (Lipinski definition) is 2. The van der Waals surface area contributed by atoms with Crippen LogP contribution in [0.5, 0.6) is 11.5 Å². The van der Waals surface area contributed by atoms with Crippen molar-refractivity contribution in [3.05, 3.63) is 98.5 Å². The van der Waals surface area contributed by atoms with Gasteiger partial charge in [0.2, 0.25) is 11.8 Å². The van der Waals surface area contributed by atoms with E-state index in [1.807, 2.05) is 0 Å². The molecule has 3 heterocycles. The number of amides is 3. The molecular weight excluding hydrogens is 619 g/mol. The predicted octanol–water partition coefficient (Wildman–Crippen LogP) is 5.28. The maximum atomic E-state index is 13.8. The molecule has 4 aromatic rings. The Morgan fingerprint density at radius 2 is 1.68 bits per heavy atom. The fraction of sp³-hybridized carbons (Fsp3) is 0.200. The normalized spacial score (nSPS) is 19.4. The number of imide groups is 1. The number of thiazole rings is 1. The molecule has 0 saturated carbocycles. The number of nitrogens with zero attached hydrogens (tertiary/aromatic N) is 1. The first-order chi connectivity index (χ1) is 21.0. The largest absolute Gasteiger partial charge is 0.497 e. The molecule has 6 rings (SSSR count). The summed E-state index contributed by atoms with van der Waals surface area (Å²) in [4.78, 5) is 55.7. The van der Waals surface area contributed by atoms with Gasteiger partial charge < -0.3 is 19.8 Å². The molecule has 0 unspecified atom stereocenters. The second kappa shape index (κ2) is 11.5. The van der Waals surface area contributed by atoms with Gasteiger partial charge in [-0.15, -0.1) is 0 Å². The first-order valence-electron chi connectivity index (χ1n) is 13.1. The highest BCUT2D eigenvalue weighted by Gasteiger charge is 2.56. The predicted molar refractivity (Wildman–Crippen MR) is 157 cm³/mol. The molecule has 2 N–H and O–H groups in total. The molecule has 3 aromatic carbocycles. The van der Waals surface area contributed by atoms with Crippen molar-refractivity contribution in [2.75, 3.05) is 23.9 Å². The molecule has 1 aromatic heterocycles. The second-order valence-electron chi connectivity index (χ2n) is 9.94. The zero-order chi connectivity index (χ0) is 31.2. The van der Waals surface area contributed by atoms with Crippen molar-refractivity contribution < 1.29 is 37.0 Å². The van der Waals surface area contributed by atoms with Crippen LogP contribution in [0.1, 0.15) is 21.9 Å². The van der Waals surface area contributed by atoms with Gasteiger partial charge in [-0.25, -0.2) is 4.90 Å². The number of aromatic amines is 1. The Morgan fingerprint density at radius 1 is 0.977 bits per heavy atom. The van der Waals surface area contributed by atoms with Crippen LogP contribution < -0.4 is 24.6 Å². The third-order valence-electron chi connectivity index (χ3n) is 7.24. The molecule has 3 atom stereocenters. The average Bonchev–Trinajstić information content (AvgIpc) is 3.50. The van der Waals surface area contributed by atoms with E-state index in [2.05, 4.69) is 10.3 Å². The third-order valence-corrected chi connectivity index (χ3v) is 9.64. The van der Waals surface area contributed by atoms with Gasteiger partial charge in [0.15, 0.2) is 6.61 Å². The highest BCUT2D eigenvalue weighted by atomic mass is 32.2. The summed E-state index contributed by atoms with van der Waals surface area (Å²) in [6, 6.07) is 17.4. The standard InChI is InChI=1S/C30H22F3N3O6S2/c1-41-19-11-7-17(8-12-19)34-21(37)14-42-20-9-5-15(6-10-20)22-23-25(43-26-24(22)44-29(40)35-26)28(39)36(27(23)38)18-4-2-3-16(13-18)30(31,32)33/h2-13,22-23,25H,14H2,1H3,(H,34,37)(H,35,40)/t22-,23-,25+/m0/s1. The van der Waals surface area contributed by atoms with E-state index in [0.717, 1.165) is 46.2 Å². The van der Waals surface area contributed by atoms with E-state index in [1.54, 1.807) is 48.5 Å². The summed E-state index contributed by atoms with van der Waals surface area (Å²) in [5.41, 5.74) is 0.0121. The highest BCUT2D eigenvalue weighted by Crippen LogP contribution is 2.53. The second-order valence-corrected chi connectivity index (χ2v) is 12.1. The topological polar surface area (TPSA) is 118 Å². The van der Waals surface area contributed by atoms with Gasteiger partial charge in [-0.2, -0.15) is 13.2 Å². The molecule has 1 fully saturated rings. The minimum atomic E-state index is -4.66. The Bertz CT molecular complexity index is 1800. The maximum absolute atomic E-state index is 13.8. The molecule has 14 heteroatoms. The lowest BCUT2D eigenvalue weighted by Crippen LogP contribution is -2.32. The molecule has 0 aliphatic carbocycles. The molecular formula is C30H22F3N3O6S2. The van der Waals surface area contributed by atoms with Crippen molar-refractivity contribution in [2.24, 2.45) is 5.92 Å². The molecule has 9 nitrogen and oxygen atoms in total. The van der Waals surface area contributed by atoms with Gasteiger partial charge in [0, 0.05) is 16.5 Å². The number of carbonyl (C=O) groups is 3. The minimum absolute atomic E-state index is 0.169. The van der Waals surface area contributed by atoms with Crippen LogP contribution in [0.4, 0.5) is 24.5 Å². The van der Waals surface area contributed by atoms with Crippen molar-refractivity contribution in [2.45, 2.75) is 22.4 Å². The molecule has 1 saturated heterocycles. The molecule has 0 radical (unpaired) electrons. The molecule has 44 heavy (non-hydrogen) atoms. The SMILES string of the molecule is COc1ccc(NC(=O)COc2ccc([C@@H]3c4sc(=O)[nH]c4S[C@H]4C(=O)N(c5cccc(C(F)(F)F)c5)C(=O)[C@@H]34)cc2)cc1. The van der Waals surface area contributed by atoms with Crippen LogP contribution in [0.15, 0.2) is 82.6 Å². The van der Waals surface area contributed by atoms with Crippen molar-refractivity contribution in [1.82, 2.24) is 4.98 Å². The van der Waals surface area contributed by atoms with Gasteiger partial charge in [0.05, 0.1) is 29.3 Å². The summed E-state index contributed by atoms with van der Waals surface area (Å²) in [5, 5.41) is 2.19. The van der Waals surface area contributed by atoms with Crippen molar-refractivity contribution >= 4 is 52.2 Å². The first kappa shape index (κ1) is 29.5. The lowest BCUT2D eigenvalue weighted by Gasteiger charge is -2.29. The fourth-order valence-corrected chi connectivity index (χ4v) is 7.76. The van der Waals surface area contributed by atoms with Gasteiger partial charge in [0.1, 0.15) is 16.7 Å². The van der Waals surface area contributed by atoms with Crippen LogP contribution in [-0.4, -0.2) is 41.7 Å². The highest BCUT2D eigenvalue weighted by molar-refractivity contribution is 8.00. The summed E-state index contributed by atoms with van der Waals surface area (Å²) < 4.78 is 50.9. The number of fused-ring (bicyclic) bond motifs is 2. The molecule has 2 aliphatic heterocycles. The van der Waals surface area contributed by atoms with E-state index < -0.39 is 46.5 Å². The van der Waals surface area contributed by atoms with Gasteiger partial charge in [0.25, 0.3) is 5.91 Å². The zero-order valence-corrected chi connectivity index (χ0v) is 24.3. The Morgan fingerprint density at radius 3 is 2.36 bits per heavy atom. The summed E-state index contributed by atoms with van der Waals surface area (Å²) in [6.45, 7) is -0.279. The number of methoxy groups -OCH3 is 1. The summed E-state index contributed by atoms with van der Waals surface area (Å²) in [5.74, 6) is -2.38. The third kappa shape index (κ3) is 5.57. The number of nitrogens with one attached hydrogen (secondary N) is 2. The van der Waals surface area contributed by atoms with Gasteiger partial charge in [-0.1, -0.05) is 41.3 Å². The van der Waals surface area contributed by atoms with Crippen LogP contribution in [0.2, 0.25) is 0 Å². The number of thioether (sulfide) groups is 1. The van der Waals surface area contributed by atoms with E-state index >= 15 is 0 Å².